The Kier molecular flexibility index (Phi) is 4.80. The van der Waals surface area contributed by atoms with E-state index in [4.69, 9.17) is 0 Å². The van der Waals surface area contributed by atoms with E-state index in [1.54, 1.807) is 0 Å². The van der Waals surface area contributed by atoms with Crippen molar-refractivity contribution in [2.24, 2.45) is 0 Å². The summed E-state index contributed by atoms with van der Waals surface area (Å²) >= 11 is 2.99. The van der Waals surface area contributed by atoms with Crippen molar-refractivity contribution in [2.45, 2.75) is 4.83 Å². The molecule has 1 unspecified atom stereocenters. The second-order valence-electron chi connectivity index (χ2n) is 3.09. The van der Waals surface area contributed by atoms with Crippen LogP contribution in [0.25, 0.3) is 0 Å². The van der Waals surface area contributed by atoms with Crippen LogP contribution < -0.4 is 5.32 Å². The molecule has 17 heavy (non-hydrogen) atoms. The molecule has 0 fully saturated rings. The third-order valence-corrected chi connectivity index (χ3v) is 2.66. The van der Waals surface area contributed by atoms with Gasteiger partial charge in [0.25, 0.3) is 0 Å². The van der Waals surface area contributed by atoms with Crippen LogP contribution in [0, 0.1) is 17.5 Å². The van der Waals surface area contributed by atoms with E-state index in [2.05, 4.69) is 26.0 Å². The molecule has 94 valence electrons. The van der Waals surface area contributed by atoms with Gasteiger partial charge >= 0.3 is 5.97 Å². The number of ether oxygens (including phenoxy) is 1. The van der Waals surface area contributed by atoms with Gasteiger partial charge in [0.05, 0.1) is 12.8 Å². The molecule has 0 amide bonds. The lowest BCUT2D eigenvalue weighted by Crippen LogP contribution is -2.24. The summed E-state index contributed by atoms with van der Waals surface area (Å²) in [6.45, 7) is -0.0192. The van der Waals surface area contributed by atoms with Crippen LogP contribution in [0.5, 0.6) is 0 Å². The molecule has 0 spiro atoms. The van der Waals surface area contributed by atoms with Gasteiger partial charge in [0.2, 0.25) is 0 Å². The van der Waals surface area contributed by atoms with Crippen LogP contribution in [0.1, 0.15) is 0 Å². The summed E-state index contributed by atoms with van der Waals surface area (Å²) in [4.78, 5) is 10.3. The van der Waals surface area contributed by atoms with Crippen LogP contribution in [-0.4, -0.2) is 24.5 Å². The molecule has 3 nitrogen and oxygen atoms in total. The third-order valence-electron chi connectivity index (χ3n) is 1.96. The van der Waals surface area contributed by atoms with Crippen molar-refractivity contribution in [3.8, 4) is 0 Å². The maximum absolute atomic E-state index is 13.2. The highest BCUT2D eigenvalue weighted by Crippen LogP contribution is 2.19. The van der Waals surface area contributed by atoms with E-state index in [1.165, 1.54) is 7.11 Å². The highest BCUT2D eigenvalue weighted by Gasteiger charge is 2.17. The SMILES string of the molecule is COC(=O)C(Br)CNc1ccc(F)c(F)c1F. The number of rotatable bonds is 4. The molecule has 0 bridgehead atoms. The van der Waals surface area contributed by atoms with E-state index in [1.807, 2.05) is 0 Å². The number of anilines is 1. The van der Waals surface area contributed by atoms with Crippen LogP contribution in [0.4, 0.5) is 18.9 Å². The number of benzene rings is 1. The van der Waals surface area contributed by atoms with Gasteiger partial charge in [-0.2, -0.15) is 0 Å². The second-order valence-corrected chi connectivity index (χ2v) is 4.20. The quantitative estimate of drug-likeness (QED) is 0.527. The van der Waals surface area contributed by atoms with Crippen molar-refractivity contribution in [3.63, 3.8) is 0 Å². The van der Waals surface area contributed by atoms with Crippen molar-refractivity contribution in [1.29, 1.82) is 0 Å². The van der Waals surface area contributed by atoms with Gasteiger partial charge in [0.1, 0.15) is 4.83 Å². The number of carbonyl (C=O) groups excluding carboxylic acids is 1. The summed E-state index contributed by atoms with van der Waals surface area (Å²) in [7, 11) is 1.20. The summed E-state index contributed by atoms with van der Waals surface area (Å²) in [5.41, 5.74) is -0.225. The fraction of sp³-hybridized carbons (Fsp3) is 0.300. The minimum Gasteiger partial charge on any atom is -0.468 e. The predicted octanol–water partition coefficient (Wildman–Crippen LogP) is 2.45. The molecule has 1 N–H and O–H groups in total. The van der Waals surface area contributed by atoms with Gasteiger partial charge in [-0.3, -0.25) is 4.79 Å². The Morgan fingerprint density at radius 2 is 2.06 bits per heavy atom. The molecule has 0 heterocycles. The largest absolute Gasteiger partial charge is 0.468 e. The first-order valence-electron chi connectivity index (χ1n) is 4.56. The van der Waals surface area contributed by atoms with Crippen molar-refractivity contribution >= 4 is 27.6 Å². The van der Waals surface area contributed by atoms with Gasteiger partial charge in [-0.25, -0.2) is 13.2 Å². The standard InChI is InChI=1S/C10H9BrF3NO2/c1-17-10(16)5(11)4-15-7-3-2-6(12)8(13)9(7)14/h2-3,5,15H,4H2,1H3. The van der Waals surface area contributed by atoms with Crippen molar-refractivity contribution in [3.05, 3.63) is 29.6 Å². The molecule has 0 saturated heterocycles. The average molecular weight is 312 g/mol. The zero-order chi connectivity index (χ0) is 13.0. The van der Waals surface area contributed by atoms with Crippen LogP contribution in [-0.2, 0) is 9.53 Å². The Bertz CT molecular complexity index is 428. The summed E-state index contributed by atoms with van der Waals surface area (Å²) in [5, 5.41) is 2.47. The maximum Gasteiger partial charge on any atom is 0.321 e. The fourth-order valence-corrected chi connectivity index (χ4v) is 1.42. The van der Waals surface area contributed by atoms with Gasteiger partial charge in [-0.05, 0) is 12.1 Å². The van der Waals surface area contributed by atoms with Crippen molar-refractivity contribution in [2.75, 3.05) is 19.0 Å². The first kappa shape index (κ1) is 13.8. The number of hydrogen-bond acceptors (Lipinski definition) is 3. The second kappa shape index (κ2) is 5.90. The van der Waals surface area contributed by atoms with Crippen LogP contribution in [0.3, 0.4) is 0 Å². The van der Waals surface area contributed by atoms with Gasteiger partial charge in [-0.15, -0.1) is 0 Å². The summed E-state index contributed by atoms with van der Waals surface area (Å²) in [6.07, 6.45) is 0. The average Bonchev–Trinajstić information content (AvgIpc) is 2.33. The monoisotopic (exact) mass is 311 g/mol. The van der Waals surface area contributed by atoms with Gasteiger partial charge in [0, 0.05) is 6.54 Å². The molecule has 0 aliphatic rings. The van der Waals surface area contributed by atoms with E-state index in [9.17, 15) is 18.0 Å². The first-order chi connectivity index (χ1) is 7.97. The zero-order valence-corrected chi connectivity index (χ0v) is 10.4. The van der Waals surface area contributed by atoms with Crippen molar-refractivity contribution < 1.29 is 22.7 Å². The van der Waals surface area contributed by atoms with E-state index in [-0.39, 0.29) is 12.2 Å². The minimum atomic E-state index is -1.56. The van der Waals surface area contributed by atoms with Crippen LogP contribution in [0.2, 0.25) is 0 Å². The molecule has 0 aliphatic heterocycles. The Balaban J connectivity index is 2.70. The molecule has 1 aromatic rings. The highest BCUT2D eigenvalue weighted by atomic mass is 79.9. The number of halogens is 4. The molecular weight excluding hydrogens is 303 g/mol. The molecule has 0 radical (unpaired) electrons. The van der Waals surface area contributed by atoms with Gasteiger partial charge in [-0.1, -0.05) is 15.9 Å². The molecule has 1 atom stereocenters. The lowest BCUT2D eigenvalue weighted by atomic mass is 10.2. The third kappa shape index (κ3) is 3.36. The van der Waals surface area contributed by atoms with Crippen LogP contribution in [0.15, 0.2) is 12.1 Å². The van der Waals surface area contributed by atoms with E-state index in [0.29, 0.717) is 0 Å². The number of esters is 1. The fourth-order valence-electron chi connectivity index (χ4n) is 1.07. The summed E-state index contributed by atoms with van der Waals surface area (Å²) < 4.78 is 43.1. The maximum atomic E-state index is 13.2. The Morgan fingerprint density at radius 3 is 2.65 bits per heavy atom. The predicted molar refractivity (Wildman–Crippen MR) is 59.5 cm³/mol. The zero-order valence-electron chi connectivity index (χ0n) is 8.77. The molecule has 7 heteroatoms. The Morgan fingerprint density at radius 1 is 1.41 bits per heavy atom. The molecule has 1 aromatic carbocycles. The van der Waals surface area contributed by atoms with Gasteiger partial charge in [0.15, 0.2) is 17.5 Å². The highest BCUT2D eigenvalue weighted by molar-refractivity contribution is 9.10. The molecular formula is C10H9BrF3NO2. The molecule has 0 aliphatic carbocycles. The number of carbonyl (C=O) groups is 1. The smallest absolute Gasteiger partial charge is 0.321 e. The van der Waals surface area contributed by atoms with Crippen LogP contribution >= 0.6 is 15.9 Å². The Labute approximate surface area is 104 Å². The van der Waals surface area contributed by atoms with E-state index >= 15 is 0 Å². The number of alkyl halides is 1. The number of hydrogen-bond donors (Lipinski definition) is 1. The van der Waals surface area contributed by atoms with E-state index in [0.717, 1.165) is 12.1 Å². The molecule has 0 saturated carbocycles. The Hall–Kier alpha value is -1.24. The minimum absolute atomic E-state index is 0.0192. The normalized spacial score (nSPS) is 12.1. The molecule has 0 aromatic heterocycles. The summed E-state index contributed by atoms with van der Waals surface area (Å²) in [5.74, 6) is -4.70. The first-order valence-corrected chi connectivity index (χ1v) is 5.48. The number of nitrogens with one attached hydrogen (secondary N) is 1. The lowest BCUT2D eigenvalue weighted by Gasteiger charge is -2.11. The molecule has 1 rings (SSSR count). The van der Waals surface area contributed by atoms with Crippen molar-refractivity contribution in [1.82, 2.24) is 0 Å². The van der Waals surface area contributed by atoms with E-state index < -0.39 is 28.2 Å². The van der Waals surface area contributed by atoms with Gasteiger partial charge < -0.3 is 10.1 Å². The lowest BCUT2D eigenvalue weighted by molar-refractivity contribution is -0.139. The number of methoxy groups -OCH3 is 1. The topological polar surface area (TPSA) is 38.3 Å². The summed E-state index contributed by atoms with van der Waals surface area (Å²) in [6, 6.07) is 1.84.